The minimum absolute atomic E-state index is 0.218. The van der Waals surface area contributed by atoms with Crippen LogP contribution >= 0.6 is 0 Å². The van der Waals surface area contributed by atoms with Gasteiger partial charge in [-0.3, -0.25) is 9.59 Å². The normalized spacial score (nSPS) is 38.7. The van der Waals surface area contributed by atoms with Crippen molar-refractivity contribution in [2.75, 3.05) is 0 Å². The van der Waals surface area contributed by atoms with Crippen LogP contribution in [0.2, 0.25) is 0 Å². The maximum Gasteiger partial charge on any atom is 0.309 e. The van der Waals surface area contributed by atoms with Crippen molar-refractivity contribution in [2.45, 2.75) is 44.1 Å². The van der Waals surface area contributed by atoms with Gasteiger partial charge in [-0.1, -0.05) is 0 Å². The molecule has 1 amide bonds. The fraction of sp³-hybridized carbons (Fsp3) is 0.625. The first kappa shape index (κ1) is 13.7. The van der Waals surface area contributed by atoms with E-state index in [-0.39, 0.29) is 11.4 Å². The summed E-state index contributed by atoms with van der Waals surface area (Å²) >= 11 is 0. The maximum atomic E-state index is 12.5. The van der Waals surface area contributed by atoms with Gasteiger partial charge in [-0.2, -0.15) is 0 Å². The summed E-state index contributed by atoms with van der Waals surface area (Å²) in [6, 6.07) is 1.59. The van der Waals surface area contributed by atoms with Crippen LogP contribution in [0.4, 0.5) is 0 Å². The van der Waals surface area contributed by atoms with Crippen molar-refractivity contribution in [3.63, 3.8) is 0 Å². The van der Waals surface area contributed by atoms with E-state index in [2.05, 4.69) is 15.3 Å². The molecule has 1 aromatic heterocycles. The Kier molecular flexibility index (Phi) is 2.80. The smallest absolute Gasteiger partial charge is 0.309 e. The lowest BCUT2D eigenvalue weighted by Crippen LogP contribution is -2.64. The van der Waals surface area contributed by atoms with Crippen molar-refractivity contribution in [2.24, 2.45) is 17.3 Å². The molecule has 0 radical (unpaired) electrons. The van der Waals surface area contributed by atoms with Crippen molar-refractivity contribution in [1.29, 1.82) is 0 Å². The molecular weight excluding hydrogens is 282 g/mol. The van der Waals surface area contributed by atoms with Gasteiger partial charge in [0.25, 0.3) is 5.91 Å². The number of aromatic nitrogens is 2. The summed E-state index contributed by atoms with van der Waals surface area (Å²) in [4.78, 5) is 32.1. The highest BCUT2D eigenvalue weighted by molar-refractivity contribution is 5.92. The molecule has 1 aromatic rings. The van der Waals surface area contributed by atoms with E-state index < -0.39 is 11.4 Å². The zero-order valence-electron chi connectivity index (χ0n) is 12.3. The number of nitrogens with one attached hydrogen (secondary N) is 1. The first-order chi connectivity index (χ1) is 10.5. The molecule has 6 heteroatoms. The molecule has 2 unspecified atom stereocenters. The molecule has 0 aromatic carbocycles. The Morgan fingerprint density at radius 2 is 1.95 bits per heavy atom. The van der Waals surface area contributed by atoms with Crippen molar-refractivity contribution in [3.05, 3.63) is 24.3 Å². The van der Waals surface area contributed by atoms with Gasteiger partial charge in [0, 0.05) is 11.7 Å². The molecule has 6 nitrogen and oxygen atoms in total. The standard InChI is InChI=1S/C16H19N3O3/c20-13(12-1-2-17-9-18-12)19-16-6-10-3-11(7-16)5-15(4-10,8-16)14(21)22/h1-2,9-11H,3-8H2,(H,19,20)(H,21,22). The minimum Gasteiger partial charge on any atom is -0.481 e. The predicted molar refractivity (Wildman–Crippen MR) is 77.0 cm³/mol. The number of carboxylic acids is 1. The van der Waals surface area contributed by atoms with E-state index in [1.54, 1.807) is 12.3 Å². The van der Waals surface area contributed by atoms with E-state index in [1.807, 2.05) is 0 Å². The molecule has 4 fully saturated rings. The second-order valence-electron chi connectivity index (χ2n) is 7.38. The van der Waals surface area contributed by atoms with Crippen molar-refractivity contribution in [1.82, 2.24) is 15.3 Å². The quantitative estimate of drug-likeness (QED) is 0.885. The molecule has 5 rings (SSSR count). The van der Waals surface area contributed by atoms with Gasteiger partial charge in [-0.25, -0.2) is 9.97 Å². The highest BCUT2D eigenvalue weighted by Crippen LogP contribution is 2.61. The third-order valence-corrected chi connectivity index (χ3v) is 5.71. The summed E-state index contributed by atoms with van der Waals surface area (Å²) in [5.41, 5.74) is -0.664. The van der Waals surface area contributed by atoms with Crippen LogP contribution in [-0.4, -0.2) is 32.5 Å². The van der Waals surface area contributed by atoms with Crippen LogP contribution in [0.15, 0.2) is 18.6 Å². The van der Waals surface area contributed by atoms with E-state index in [1.165, 1.54) is 6.33 Å². The fourth-order valence-electron chi connectivity index (χ4n) is 5.39. The molecule has 4 saturated carbocycles. The van der Waals surface area contributed by atoms with Gasteiger partial charge in [0.2, 0.25) is 0 Å². The molecule has 2 N–H and O–H groups in total. The zero-order chi connectivity index (χ0) is 15.4. The van der Waals surface area contributed by atoms with E-state index in [4.69, 9.17) is 0 Å². The lowest BCUT2D eigenvalue weighted by atomic mass is 9.47. The number of rotatable bonds is 3. The van der Waals surface area contributed by atoms with Crippen LogP contribution in [0, 0.1) is 17.3 Å². The Bertz CT molecular complexity index is 617. The number of carboxylic acid groups (broad SMARTS) is 1. The molecule has 4 bridgehead atoms. The van der Waals surface area contributed by atoms with Gasteiger partial charge < -0.3 is 10.4 Å². The molecule has 1 heterocycles. The highest BCUT2D eigenvalue weighted by atomic mass is 16.4. The van der Waals surface area contributed by atoms with Gasteiger partial charge in [0.05, 0.1) is 5.41 Å². The van der Waals surface area contributed by atoms with E-state index in [9.17, 15) is 14.7 Å². The molecule has 0 aliphatic heterocycles. The Balaban J connectivity index is 1.61. The maximum absolute atomic E-state index is 12.5. The minimum atomic E-state index is -0.692. The highest BCUT2D eigenvalue weighted by Gasteiger charge is 2.61. The average molecular weight is 301 g/mol. The van der Waals surface area contributed by atoms with Gasteiger partial charge in [0.1, 0.15) is 12.0 Å². The van der Waals surface area contributed by atoms with Crippen LogP contribution in [0.25, 0.3) is 0 Å². The van der Waals surface area contributed by atoms with Gasteiger partial charge in [0.15, 0.2) is 0 Å². The second kappa shape index (κ2) is 4.51. The first-order valence-electron chi connectivity index (χ1n) is 7.82. The van der Waals surface area contributed by atoms with Gasteiger partial charge in [-0.05, 0) is 56.4 Å². The third-order valence-electron chi connectivity index (χ3n) is 5.71. The Labute approximate surface area is 128 Å². The average Bonchev–Trinajstić information content (AvgIpc) is 2.46. The number of amides is 1. The number of hydrogen-bond donors (Lipinski definition) is 2. The largest absolute Gasteiger partial charge is 0.481 e. The monoisotopic (exact) mass is 301 g/mol. The van der Waals surface area contributed by atoms with Crippen LogP contribution in [0.1, 0.15) is 49.0 Å². The van der Waals surface area contributed by atoms with Crippen molar-refractivity contribution < 1.29 is 14.7 Å². The summed E-state index contributed by atoms with van der Waals surface area (Å²) in [5.74, 6) is -0.0711. The van der Waals surface area contributed by atoms with Crippen LogP contribution < -0.4 is 5.32 Å². The fourth-order valence-corrected chi connectivity index (χ4v) is 5.39. The van der Waals surface area contributed by atoms with E-state index in [0.29, 0.717) is 24.0 Å². The number of nitrogens with zero attached hydrogens (tertiary/aromatic N) is 2. The first-order valence-corrected chi connectivity index (χ1v) is 7.82. The number of carbonyl (C=O) groups is 2. The molecule has 4 aliphatic rings. The molecule has 0 spiro atoms. The molecule has 116 valence electrons. The van der Waals surface area contributed by atoms with Crippen molar-refractivity contribution >= 4 is 11.9 Å². The summed E-state index contributed by atoms with van der Waals surface area (Å²) in [6.07, 6.45) is 7.89. The predicted octanol–water partition coefficient (Wildman–Crippen LogP) is 1.63. The van der Waals surface area contributed by atoms with Crippen LogP contribution in [0.5, 0.6) is 0 Å². The Morgan fingerprint density at radius 3 is 2.55 bits per heavy atom. The molecule has 4 aliphatic carbocycles. The van der Waals surface area contributed by atoms with Crippen LogP contribution in [-0.2, 0) is 4.79 Å². The summed E-state index contributed by atoms with van der Waals surface area (Å²) in [5, 5.41) is 12.8. The third kappa shape index (κ3) is 2.01. The molecule has 0 saturated heterocycles. The SMILES string of the molecule is O=C(NC12CC3CC(C1)CC(C(=O)O)(C3)C2)c1ccncn1. The summed E-state index contributed by atoms with van der Waals surface area (Å²) < 4.78 is 0. The molecule has 2 atom stereocenters. The Morgan fingerprint density at radius 1 is 1.23 bits per heavy atom. The van der Waals surface area contributed by atoms with Crippen LogP contribution in [0.3, 0.4) is 0 Å². The zero-order valence-corrected chi connectivity index (χ0v) is 12.3. The lowest BCUT2D eigenvalue weighted by Gasteiger charge is -2.60. The number of aliphatic carboxylic acids is 1. The molecular formula is C16H19N3O3. The second-order valence-corrected chi connectivity index (χ2v) is 7.38. The number of carbonyl (C=O) groups excluding carboxylic acids is 1. The Hall–Kier alpha value is -1.98. The summed E-state index contributed by atoms with van der Waals surface area (Å²) in [7, 11) is 0. The van der Waals surface area contributed by atoms with E-state index in [0.717, 1.165) is 32.1 Å². The number of hydrogen-bond acceptors (Lipinski definition) is 4. The topological polar surface area (TPSA) is 92.2 Å². The van der Waals surface area contributed by atoms with Gasteiger partial charge >= 0.3 is 5.97 Å². The molecule has 22 heavy (non-hydrogen) atoms. The lowest BCUT2D eigenvalue weighted by molar-refractivity contribution is -0.167. The van der Waals surface area contributed by atoms with Gasteiger partial charge in [-0.15, -0.1) is 0 Å². The summed E-state index contributed by atoms with van der Waals surface area (Å²) in [6.45, 7) is 0. The van der Waals surface area contributed by atoms with Crippen molar-refractivity contribution in [3.8, 4) is 0 Å². The van der Waals surface area contributed by atoms with E-state index >= 15 is 0 Å².